The second-order valence-electron chi connectivity index (χ2n) is 18.1. The van der Waals surface area contributed by atoms with Crippen LogP contribution >= 0.6 is 0 Å². The third kappa shape index (κ3) is 14.4. The second-order valence-corrected chi connectivity index (χ2v) is 18.1. The Morgan fingerprint density at radius 3 is 1.12 bits per heavy atom. The summed E-state index contributed by atoms with van der Waals surface area (Å²) in [5.41, 5.74) is 6.76. The summed E-state index contributed by atoms with van der Waals surface area (Å²) in [5.74, 6) is -1.61. The quantitative estimate of drug-likeness (QED) is 0.0560. The largest absolute Gasteiger partial charge is 0.374 e. The molecule has 7 aromatic carbocycles. The molecule has 2 fully saturated rings. The van der Waals surface area contributed by atoms with Crippen LogP contribution in [0.3, 0.4) is 0 Å². The van der Waals surface area contributed by atoms with Gasteiger partial charge in [-0.2, -0.15) is 0 Å². The summed E-state index contributed by atoms with van der Waals surface area (Å²) >= 11 is 0. The van der Waals surface area contributed by atoms with Crippen LogP contribution in [0.25, 0.3) is 0 Å². The summed E-state index contributed by atoms with van der Waals surface area (Å²) in [7, 11) is 0. The fourth-order valence-corrected chi connectivity index (χ4v) is 9.06. The van der Waals surface area contributed by atoms with E-state index in [0.29, 0.717) is 6.61 Å². The van der Waals surface area contributed by atoms with Gasteiger partial charge in [-0.25, -0.2) is 0 Å². The molecule has 0 radical (unpaired) electrons. The lowest BCUT2D eigenvalue weighted by Gasteiger charge is -2.45. The molecule has 2 saturated heterocycles. The molecular weight excluding hydrogens is 909 g/mol. The van der Waals surface area contributed by atoms with Gasteiger partial charge in [0.15, 0.2) is 6.29 Å². The van der Waals surface area contributed by atoms with Gasteiger partial charge in [-0.15, -0.1) is 0 Å². The smallest absolute Gasteiger partial charge is 0.222 e. The molecule has 374 valence electrons. The van der Waals surface area contributed by atoms with Crippen LogP contribution in [-0.2, 0) is 93.6 Å². The van der Waals surface area contributed by atoms with Crippen molar-refractivity contribution in [2.24, 2.45) is 0 Å². The van der Waals surface area contributed by atoms with Gasteiger partial charge in [-0.1, -0.05) is 212 Å². The van der Waals surface area contributed by atoms with E-state index in [-0.39, 0.29) is 59.5 Å². The molecule has 0 saturated carbocycles. The highest BCUT2D eigenvalue weighted by molar-refractivity contribution is 5.19. The Morgan fingerprint density at radius 2 is 0.694 bits per heavy atom. The first-order valence-corrected chi connectivity index (χ1v) is 24.7. The monoisotopic (exact) mass is 972 g/mol. The van der Waals surface area contributed by atoms with Gasteiger partial charge in [0.1, 0.15) is 49.3 Å². The van der Waals surface area contributed by atoms with E-state index in [1.54, 1.807) is 0 Å². The van der Waals surface area contributed by atoms with Crippen LogP contribution in [0.1, 0.15) is 38.9 Å². The lowest BCUT2D eigenvalue weighted by molar-refractivity contribution is -0.341. The van der Waals surface area contributed by atoms with Crippen molar-refractivity contribution >= 4 is 0 Å². The molecule has 11 nitrogen and oxygen atoms in total. The van der Waals surface area contributed by atoms with E-state index in [0.717, 1.165) is 38.9 Å². The number of hydrogen-bond donors (Lipinski definition) is 1. The molecular formula is C61H64O11. The number of rotatable bonds is 26. The summed E-state index contributed by atoms with van der Waals surface area (Å²) in [5, 5.41) is 12.1. The van der Waals surface area contributed by atoms with Gasteiger partial charge >= 0.3 is 0 Å². The van der Waals surface area contributed by atoms with E-state index in [4.69, 9.17) is 47.4 Å². The van der Waals surface area contributed by atoms with Gasteiger partial charge in [-0.05, 0) is 38.9 Å². The van der Waals surface area contributed by atoms with Crippen LogP contribution in [-0.4, -0.2) is 79.7 Å². The first-order valence-electron chi connectivity index (χ1n) is 24.7. The fourth-order valence-electron chi connectivity index (χ4n) is 9.06. The van der Waals surface area contributed by atoms with Crippen LogP contribution in [0.4, 0.5) is 0 Å². The zero-order valence-electron chi connectivity index (χ0n) is 40.4. The maximum atomic E-state index is 12.1. The standard InChI is InChI=1S/C61H64O11/c62-60-58(68-41-51-32-18-6-19-33-51)57(67-40-50-30-16-5-17-31-50)55(65-38-48-26-12-3-13-27-48)53(71-60)44-70-61(45-64-37-47-24-10-2-11-25-47)59(69-42-52-34-20-7-21-35-52)56(66-39-49-28-14-4-15-29-49)54(72-61)43-63-36-46-22-8-1-9-23-46/h1-35,53-60,62H,36-45H2/t53-,54-,55-,56-,57+,58-,59+,60+,61-/m1/s1. The average Bonchev–Trinajstić information content (AvgIpc) is 3.72. The molecule has 0 unspecified atom stereocenters. The number of ether oxygens (including phenoxy) is 10. The summed E-state index contributed by atoms with van der Waals surface area (Å²) < 4.78 is 68.3. The molecule has 0 aliphatic carbocycles. The highest BCUT2D eigenvalue weighted by Crippen LogP contribution is 2.40. The minimum Gasteiger partial charge on any atom is -0.374 e. The van der Waals surface area contributed by atoms with E-state index in [1.165, 1.54) is 0 Å². The zero-order valence-corrected chi connectivity index (χ0v) is 40.4. The fraction of sp³-hybridized carbons (Fsp3) is 0.311. The molecule has 9 rings (SSSR count). The van der Waals surface area contributed by atoms with Crippen molar-refractivity contribution in [1.82, 2.24) is 0 Å². The lowest BCUT2D eigenvalue weighted by Crippen LogP contribution is -2.62. The Kier molecular flexibility index (Phi) is 18.9. The molecule has 72 heavy (non-hydrogen) atoms. The van der Waals surface area contributed by atoms with E-state index in [1.807, 2.05) is 212 Å². The highest BCUT2D eigenvalue weighted by Gasteiger charge is 2.59. The van der Waals surface area contributed by atoms with Gasteiger partial charge in [-0.3, -0.25) is 0 Å². The Bertz CT molecular complexity index is 2560. The summed E-state index contributed by atoms with van der Waals surface area (Å²) in [6.45, 7) is 1.71. The minimum absolute atomic E-state index is 0.0662. The third-order valence-electron chi connectivity index (χ3n) is 12.8. The molecule has 9 atom stereocenters. The van der Waals surface area contributed by atoms with Crippen molar-refractivity contribution in [3.05, 3.63) is 251 Å². The van der Waals surface area contributed by atoms with E-state index < -0.39 is 54.8 Å². The van der Waals surface area contributed by atoms with Crippen LogP contribution in [0, 0.1) is 0 Å². The molecule has 2 aliphatic heterocycles. The third-order valence-corrected chi connectivity index (χ3v) is 12.8. The number of hydrogen-bond acceptors (Lipinski definition) is 11. The molecule has 0 spiro atoms. The Morgan fingerprint density at radius 1 is 0.347 bits per heavy atom. The molecule has 0 aromatic heterocycles. The Labute approximate surface area is 423 Å². The van der Waals surface area contributed by atoms with Crippen LogP contribution in [0.5, 0.6) is 0 Å². The normalized spacial score (nSPS) is 24.0. The zero-order chi connectivity index (χ0) is 49.1. The topological polar surface area (TPSA) is 113 Å². The maximum absolute atomic E-state index is 12.1. The molecule has 1 N–H and O–H groups in total. The molecule has 2 heterocycles. The number of benzene rings is 7. The second kappa shape index (κ2) is 26.7. The van der Waals surface area contributed by atoms with Gasteiger partial charge in [0.2, 0.25) is 5.79 Å². The van der Waals surface area contributed by atoms with Crippen molar-refractivity contribution in [2.75, 3.05) is 19.8 Å². The molecule has 2 aliphatic rings. The Balaban J connectivity index is 1.06. The predicted molar refractivity (Wildman–Crippen MR) is 272 cm³/mol. The van der Waals surface area contributed by atoms with Gasteiger partial charge < -0.3 is 52.5 Å². The molecule has 11 heteroatoms. The van der Waals surface area contributed by atoms with Crippen molar-refractivity contribution in [3.63, 3.8) is 0 Å². The average molecular weight is 973 g/mol. The Hall–Kier alpha value is -5.90. The van der Waals surface area contributed by atoms with E-state index >= 15 is 0 Å². The van der Waals surface area contributed by atoms with E-state index in [2.05, 4.69) is 0 Å². The van der Waals surface area contributed by atoms with Crippen LogP contribution < -0.4 is 0 Å². The first kappa shape index (κ1) is 51.0. The lowest BCUT2D eigenvalue weighted by atomic mass is 9.97. The summed E-state index contributed by atoms with van der Waals surface area (Å²) in [4.78, 5) is 0. The van der Waals surface area contributed by atoms with Crippen molar-refractivity contribution in [3.8, 4) is 0 Å². The number of aliphatic hydroxyl groups is 1. The van der Waals surface area contributed by atoms with Gasteiger partial charge in [0, 0.05) is 0 Å². The van der Waals surface area contributed by atoms with Crippen molar-refractivity contribution in [2.45, 2.75) is 101 Å². The predicted octanol–water partition coefficient (Wildman–Crippen LogP) is 10.2. The van der Waals surface area contributed by atoms with Crippen LogP contribution in [0.15, 0.2) is 212 Å². The first-order chi connectivity index (χ1) is 35.6. The molecule has 0 bridgehead atoms. The summed E-state index contributed by atoms with van der Waals surface area (Å²) in [6.07, 6.45) is -7.18. The molecule has 7 aromatic rings. The number of aliphatic hydroxyl groups excluding tert-OH is 1. The van der Waals surface area contributed by atoms with Crippen molar-refractivity contribution in [1.29, 1.82) is 0 Å². The van der Waals surface area contributed by atoms with Gasteiger partial charge in [0.25, 0.3) is 0 Å². The minimum atomic E-state index is -1.61. The van der Waals surface area contributed by atoms with E-state index in [9.17, 15) is 5.11 Å². The maximum Gasteiger partial charge on any atom is 0.222 e. The highest BCUT2D eigenvalue weighted by atomic mass is 16.8. The molecule has 0 amide bonds. The summed E-state index contributed by atoms with van der Waals surface area (Å²) in [6, 6.07) is 69.5. The SMILES string of the molecule is O[C@H]1O[C@H](CO[C@]2(COCc3ccccc3)O[C@H](COCc3ccccc3)[C@@H](OCc3ccccc3)[C@@H]2OCc2ccccc2)[C@@H](OCc2ccccc2)[C@H](OCc2ccccc2)[C@H]1OCc1ccccc1. The van der Waals surface area contributed by atoms with Gasteiger partial charge in [0.05, 0.1) is 59.5 Å². The van der Waals surface area contributed by atoms with Crippen LogP contribution in [0.2, 0.25) is 0 Å². The van der Waals surface area contributed by atoms with Crippen molar-refractivity contribution < 1.29 is 52.5 Å².